The SMILES string of the molecule is O=S(=O)(Cc1ccc(Cl)cc1)c1ccc(NCC2CCCO2)nn1. The molecule has 1 atom stereocenters. The Morgan fingerprint density at radius 3 is 2.58 bits per heavy atom. The van der Waals surface area contributed by atoms with Crippen molar-refractivity contribution in [2.45, 2.75) is 29.7 Å². The molecule has 0 radical (unpaired) electrons. The minimum absolute atomic E-state index is 0.0416. The second-order valence-corrected chi connectivity index (χ2v) is 8.03. The number of aromatic nitrogens is 2. The maximum atomic E-state index is 12.4. The predicted octanol–water partition coefficient (Wildman–Crippen LogP) is 2.69. The first-order chi connectivity index (χ1) is 11.5. The first kappa shape index (κ1) is 17.1. The Kier molecular flexibility index (Phi) is 5.33. The van der Waals surface area contributed by atoms with Gasteiger partial charge in [-0.05, 0) is 42.7 Å². The van der Waals surface area contributed by atoms with Crippen molar-refractivity contribution in [3.63, 3.8) is 0 Å². The predicted molar refractivity (Wildman–Crippen MR) is 91.8 cm³/mol. The van der Waals surface area contributed by atoms with E-state index in [1.807, 2.05) is 0 Å². The summed E-state index contributed by atoms with van der Waals surface area (Å²) < 4.78 is 30.3. The number of sulfone groups is 1. The van der Waals surface area contributed by atoms with Crippen molar-refractivity contribution in [3.8, 4) is 0 Å². The third-order valence-corrected chi connectivity index (χ3v) is 5.58. The Morgan fingerprint density at radius 2 is 1.96 bits per heavy atom. The molecule has 1 aromatic carbocycles. The van der Waals surface area contributed by atoms with E-state index in [-0.39, 0.29) is 16.9 Å². The fraction of sp³-hybridized carbons (Fsp3) is 0.375. The molecule has 128 valence electrons. The van der Waals surface area contributed by atoms with Gasteiger partial charge in [0, 0.05) is 18.2 Å². The molecule has 1 aliphatic rings. The molecule has 0 amide bonds. The van der Waals surface area contributed by atoms with E-state index in [9.17, 15) is 8.42 Å². The zero-order valence-corrected chi connectivity index (χ0v) is 14.6. The molecule has 0 aliphatic carbocycles. The van der Waals surface area contributed by atoms with Gasteiger partial charge < -0.3 is 10.1 Å². The number of anilines is 1. The minimum atomic E-state index is -3.54. The summed E-state index contributed by atoms with van der Waals surface area (Å²) in [6, 6.07) is 9.79. The van der Waals surface area contributed by atoms with Crippen LogP contribution in [0.1, 0.15) is 18.4 Å². The van der Waals surface area contributed by atoms with Gasteiger partial charge in [-0.25, -0.2) is 8.42 Å². The maximum absolute atomic E-state index is 12.4. The molecule has 3 rings (SSSR count). The summed E-state index contributed by atoms with van der Waals surface area (Å²) in [4.78, 5) is 0. The fourth-order valence-corrected chi connectivity index (χ4v) is 3.82. The third kappa shape index (κ3) is 4.43. The first-order valence-corrected chi connectivity index (χ1v) is 9.72. The van der Waals surface area contributed by atoms with Crippen molar-refractivity contribution in [1.82, 2.24) is 10.2 Å². The van der Waals surface area contributed by atoms with Gasteiger partial charge >= 0.3 is 0 Å². The molecular formula is C16H18ClN3O3S. The number of hydrogen-bond donors (Lipinski definition) is 1. The lowest BCUT2D eigenvalue weighted by atomic mass is 10.2. The highest BCUT2D eigenvalue weighted by Crippen LogP contribution is 2.17. The second kappa shape index (κ2) is 7.46. The lowest BCUT2D eigenvalue weighted by molar-refractivity contribution is 0.120. The van der Waals surface area contributed by atoms with Gasteiger partial charge in [0.2, 0.25) is 9.84 Å². The van der Waals surface area contributed by atoms with Gasteiger partial charge in [0.05, 0.1) is 11.9 Å². The fourth-order valence-electron chi connectivity index (χ4n) is 2.48. The Morgan fingerprint density at radius 1 is 1.17 bits per heavy atom. The second-order valence-electron chi connectivity index (χ2n) is 5.66. The first-order valence-electron chi connectivity index (χ1n) is 7.69. The number of halogens is 1. The van der Waals surface area contributed by atoms with Crippen molar-refractivity contribution in [2.75, 3.05) is 18.5 Å². The van der Waals surface area contributed by atoms with E-state index in [0.717, 1.165) is 19.4 Å². The summed E-state index contributed by atoms with van der Waals surface area (Å²) in [7, 11) is -3.54. The van der Waals surface area contributed by atoms with Gasteiger partial charge in [-0.3, -0.25) is 0 Å². The van der Waals surface area contributed by atoms with Gasteiger partial charge in [0.25, 0.3) is 0 Å². The molecule has 6 nitrogen and oxygen atoms in total. The van der Waals surface area contributed by atoms with E-state index in [0.29, 0.717) is 22.9 Å². The van der Waals surface area contributed by atoms with E-state index in [1.165, 1.54) is 6.07 Å². The molecule has 0 spiro atoms. The summed E-state index contributed by atoms with van der Waals surface area (Å²) >= 11 is 5.81. The molecule has 0 saturated carbocycles. The van der Waals surface area contributed by atoms with Gasteiger partial charge in [0.1, 0.15) is 5.82 Å². The van der Waals surface area contributed by atoms with Crippen molar-refractivity contribution in [3.05, 3.63) is 47.0 Å². The van der Waals surface area contributed by atoms with Crippen LogP contribution in [0.3, 0.4) is 0 Å². The molecule has 1 unspecified atom stereocenters. The molecule has 1 N–H and O–H groups in total. The normalized spacial score (nSPS) is 17.8. The van der Waals surface area contributed by atoms with Gasteiger partial charge in [-0.15, -0.1) is 10.2 Å². The summed E-state index contributed by atoms with van der Waals surface area (Å²) in [5.41, 5.74) is 0.654. The van der Waals surface area contributed by atoms with Crippen LogP contribution < -0.4 is 5.32 Å². The zero-order valence-electron chi connectivity index (χ0n) is 13.0. The Labute approximate surface area is 146 Å². The molecule has 8 heteroatoms. The average Bonchev–Trinajstić information content (AvgIpc) is 3.09. The number of nitrogens with one attached hydrogen (secondary N) is 1. The highest BCUT2D eigenvalue weighted by molar-refractivity contribution is 7.90. The third-order valence-electron chi connectivity index (χ3n) is 3.76. The standard InChI is InChI=1S/C16H18ClN3O3S/c17-13-5-3-12(4-6-13)11-24(21,22)16-8-7-15(19-20-16)18-10-14-2-1-9-23-14/h3-8,14H,1-2,9-11H2,(H,18,19). The molecule has 2 heterocycles. The molecular weight excluding hydrogens is 350 g/mol. The lowest BCUT2D eigenvalue weighted by Crippen LogP contribution is -2.19. The van der Waals surface area contributed by atoms with E-state index in [2.05, 4.69) is 15.5 Å². The number of benzene rings is 1. The summed E-state index contributed by atoms with van der Waals surface area (Å²) in [6.45, 7) is 1.44. The molecule has 1 fully saturated rings. The van der Waals surface area contributed by atoms with Crippen LogP contribution in [0.5, 0.6) is 0 Å². The summed E-state index contributed by atoms with van der Waals surface area (Å²) in [5.74, 6) is 0.401. The number of hydrogen-bond acceptors (Lipinski definition) is 6. The van der Waals surface area contributed by atoms with Crippen LogP contribution in [-0.2, 0) is 20.3 Å². The molecule has 1 saturated heterocycles. The van der Waals surface area contributed by atoms with Crippen LogP contribution in [0.15, 0.2) is 41.4 Å². The zero-order chi connectivity index (χ0) is 17.0. The van der Waals surface area contributed by atoms with Crippen LogP contribution >= 0.6 is 11.6 Å². The van der Waals surface area contributed by atoms with Gasteiger partial charge in [0.15, 0.2) is 5.03 Å². The van der Waals surface area contributed by atoms with E-state index in [1.54, 1.807) is 30.3 Å². The Bertz CT molecular complexity index is 773. The summed E-state index contributed by atoms with van der Waals surface area (Å²) in [5, 5.41) is 11.4. The Balaban J connectivity index is 1.63. The molecule has 1 aromatic heterocycles. The van der Waals surface area contributed by atoms with Crippen LogP contribution in [0.25, 0.3) is 0 Å². The summed E-state index contributed by atoms with van der Waals surface area (Å²) in [6.07, 6.45) is 2.27. The monoisotopic (exact) mass is 367 g/mol. The lowest BCUT2D eigenvalue weighted by Gasteiger charge is -2.11. The highest BCUT2D eigenvalue weighted by atomic mass is 35.5. The number of nitrogens with zero attached hydrogens (tertiary/aromatic N) is 2. The number of rotatable bonds is 6. The maximum Gasteiger partial charge on any atom is 0.201 e. The number of ether oxygens (including phenoxy) is 1. The van der Waals surface area contributed by atoms with Crippen LogP contribution in [-0.4, -0.2) is 37.9 Å². The van der Waals surface area contributed by atoms with Crippen LogP contribution in [0, 0.1) is 0 Å². The molecule has 2 aromatic rings. The van der Waals surface area contributed by atoms with E-state index in [4.69, 9.17) is 16.3 Å². The van der Waals surface area contributed by atoms with Crippen molar-refractivity contribution >= 4 is 27.3 Å². The minimum Gasteiger partial charge on any atom is -0.376 e. The average molecular weight is 368 g/mol. The van der Waals surface area contributed by atoms with Crippen molar-refractivity contribution in [2.24, 2.45) is 0 Å². The van der Waals surface area contributed by atoms with Gasteiger partial charge in [-0.2, -0.15) is 0 Å². The largest absolute Gasteiger partial charge is 0.376 e. The molecule has 1 aliphatic heterocycles. The van der Waals surface area contributed by atoms with Crippen molar-refractivity contribution in [1.29, 1.82) is 0 Å². The van der Waals surface area contributed by atoms with E-state index < -0.39 is 9.84 Å². The molecule has 24 heavy (non-hydrogen) atoms. The highest BCUT2D eigenvalue weighted by Gasteiger charge is 2.18. The Hall–Kier alpha value is -1.70. The smallest absolute Gasteiger partial charge is 0.201 e. The quantitative estimate of drug-likeness (QED) is 0.845. The van der Waals surface area contributed by atoms with Crippen molar-refractivity contribution < 1.29 is 13.2 Å². The van der Waals surface area contributed by atoms with Crippen LogP contribution in [0.2, 0.25) is 5.02 Å². The van der Waals surface area contributed by atoms with Gasteiger partial charge in [-0.1, -0.05) is 23.7 Å². The van der Waals surface area contributed by atoms with Crippen LogP contribution in [0.4, 0.5) is 5.82 Å². The molecule has 0 bridgehead atoms. The topological polar surface area (TPSA) is 81.2 Å². The van der Waals surface area contributed by atoms with E-state index >= 15 is 0 Å².